The van der Waals surface area contributed by atoms with Gasteiger partial charge in [0.25, 0.3) is 0 Å². The number of rotatable bonds is 2. The fourth-order valence-corrected chi connectivity index (χ4v) is 3.60. The third kappa shape index (κ3) is 2.43. The van der Waals surface area contributed by atoms with E-state index in [0.717, 1.165) is 37.5 Å². The van der Waals surface area contributed by atoms with Crippen LogP contribution in [0.4, 0.5) is 0 Å². The van der Waals surface area contributed by atoms with E-state index in [-0.39, 0.29) is 0 Å². The highest BCUT2D eigenvalue weighted by molar-refractivity contribution is 7.16. The molecule has 0 spiro atoms. The van der Waals surface area contributed by atoms with Crippen LogP contribution < -0.4 is 0 Å². The molecule has 0 atom stereocenters. The molecule has 0 aliphatic rings. The Bertz CT molecular complexity index is 942. The van der Waals surface area contributed by atoms with Gasteiger partial charge in [0, 0.05) is 5.56 Å². The first-order valence-electron chi connectivity index (χ1n) is 7.08. The standard InChI is InChI=1S/C19H16N2S/c1-11(2)18-13(4)21-19(22-18)15-8-14-7-12(3)5-6-17(14)16(9-15)10-20/h5-9H,1H2,2-4H3. The first-order valence-corrected chi connectivity index (χ1v) is 7.89. The van der Waals surface area contributed by atoms with Crippen molar-refractivity contribution in [2.24, 2.45) is 0 Å². The quantitative estimate of drug-likeness (QED) is 0.628. The van der Waals surface area contributed by atoms with Gasteiger partial charge in [-0.1, -0.05) is 30.3 Å². The number of aryl methyl sites for hydroxylation is 2. The molecule has 3 rings (SSSR count). The van der Waals surface area contributed by atoms with Gasteiger partial charge < -0.3 is 0 Å². The second-order valence-corrected chi connectivity index (χ2v) is 6.57. The van der Waals surface area contributed by atoms with Crippen LogP contribution in [0.3, 0.4) is 0 Å². The molecular formula is C19H16N2S. The topological polar surface area (TPSA) is 36.7 Å². The van der Waals surface area contributed by atoms with Gasteiger partial charge in [0.05, 0.1) is 22.2 Å². The van der Waals surface area contributed by atoms with Crippen LogP contribution in [0.2, 0.25) is 0 Å². The van der Waals surface area contributed by atoms with Gasteiger partial charge in [-0.25, -0.2) is 4.98 Å². The number of benzene rings is 2. The highest BCUT2D eigenvalue weighted by atomic mass is 32.1. The van der Waals surface area contributed by atoms with E-state index in [9.17, 15) is 5.26 Å². The van der Waals surface area contributed by atoms with Crippen LogP contribution in [0.5, 0.6) is 0 Å². The van der Waals surface area contributed by atoms with Gasteiger partial charge in [0.15, 0.2) is 0 Å². The van der Waals surface area contributed by atoms with Gasteiger partial charge >= 0.3 is 0 Å². The number of nitriles is 1. The molecule has 0 bridgehead atoms. The second kappa shape index (κ2) is 5.40. The summed E-state index contributed by atoms with van der Waals surface area (Å²) in [6.45, 7) is 10.1. The van der Waals surface area contributed by atoms with Crippen molar-refractivity contribution in [2.45, 2.75) is 20.8 Å². The zero-order chi connectivity index (χ0) is 15.9. The number of allylic oxidation sites excluding steroid dienone is 1. The molecule has 0 aliphatic heterocycles. The van der Waals surface area contributed by atoms with Crippen molar-refractivity contribution in [3.63, 3.8) is 0 Å². The van der Waals surface area contributed by atoms with Crippen LogP contribution in [-0.4, -0.2) is 4.98 Å². The molecule has 108 valence electrons. The molecule has 0 fully saturated rings. The van der Waals surface area contributed by atoms with E-state index >= 15 is 0 Å². The number of hydrogen-bond acceptors (Lipinski definition) is 3. The van der Waals surface area contributed by atoms with Crippen LogP contribution in [0, 0.1) is 25.2 Å². The molecule has 0 saturated carbocycles. The van der Waals surface area contributed by atoms with Crippen molar-refractivity contribution >= 4 is 27.7 Å². The van der Waals surface area contributed by atoms with Crippen molar-refractivity contribution in [2.75, 3.05) is 0 Å². The number of nitrogens with zero attached hydrogens (tertiary/aromatic N) is 2. The Balaban J connectivity index is 2.25. The molecule has 0 amide bonds. The molecule has 2 nitrogen and oxygen atoms in total. The number of fused-ring (bicyclic) bond motifs is 1. The van der Waals surface area contributed by atoms with Crippen molar-refractivity contribution < 1.29 is 0 Å². The fraction of sp³-hybridized carbons (Fsp3) is 0.158. The maximum Gasteiger partial charge on any atom is 0.124 e. The molecule has 1 heterocycles. The van der Waals surface area contributed by atoms with Crippen LogP contribution >= 0.6 is 11.3 Å². The number of aromatic nitrogens is 1. The molecule has 3 aromatic rings. The minimum Gasteiger partial charge on any atom is -0.241 e. The Labute approximate surface area is 134 Å². The Kier molecular flexibility index (Phi) is 3.56. The minimum absolute atomic E-state index is 0.692. The Morgan fingerprint density at radius 3 is 2.64 bits per heavy atom. The van der Waals surface area contributed by atoms with E-state index in [1.807, 2.05) is 32.0 Å². The summed E-state index contributed by atoms with van der Waals surface area (Å²) < 4.78 is 0. The van der Waals surface area contributed by atoms with Crippen molar-refractivity contribution in [3.05, 3.63) is 58.6 Å². The lowest BCUT2D eigenvalue weighted by molar-refractivity contribution is 1.25. The Morgan fingerprint density at radius 2 is 2.00 bits per heavy atom. The van der Waals surface area contributed by atoms with Gasteiger partial charge in [0.2, 0.25) is 0 Å². The Hall–Kier alpha value is -2.44. The molecule has 0 aliphatic carbocycles. The third-order valence-corrected chi connectivity index (χ3v) is 5.03. The highest BCUT2D eigenvalue weighted by Crippen LogP contribution is 2.34. The number of hydrogen-bond donors (Lipinski definition) is 0. The Morgan fingerprint density at radius 1 is 1.23 bits per heavy atom. The zero-order valence-corrected chi connectivity index (χ0v) is 13.7. The monoisotopic (exact) mass is 304 g/mol. The third-order valence-electron chi connectivity index (χ3n) is 3.66. The lowest BCUT2D eigenvalue weighted by Gasteiger charge is -2.05. The first kappa shape index (κ1) is 14.5. The van der Waals surface area contributed by atoms with E-state index in [2.05, 4.69) is 36.7 Å². The molecule has 22 heavy (non-hydrogen) atoms. The van der Waals surface area contributed by atoms with E-state index in [0.29, 0.717) is 5.56 Å². The smallest absolute Gasteiger partial charge is 0.124 e. The lowest BCUT2D eigenvalue weighted by Crippen LogP contribution is -1.85. The summed E-state index contributed by atoms with van der Waals surface area (Å²) in [6, 6.07) is 12.5. The first-order chi connectivity index (χ1) is 10.5. The molecule has 1 aromatic heterocycles. The zero-order valence-electron chi connectivity index (χ0n) is 12.9. The van der Waals surface area contributed by atoms with Crippen LogP contribution in [0.25, 0.3) is 26.9 Å². The minimum atomic E-state index is 0.692. The van der Waals surface area contributed by atoms with Gasteiger partial charge in [-0.2, -0.15) is 5.26 Å². The summed E-state index contributed by atoms with van der Waals surface area (Å²) in [5.41, 5.74) is 4.90. The van der Waals surface area contributed by atoms with Gasteiger partial charge in [-0.15, -0.1) is 11.3 Å². The number of thiazole rings is 1. The SMILES string of the molecule is C=C(C)c1sc(-c2cc(C#N)c3ccc(C)cc3c2)nc1C. The van der Waals surface area contributed by atoms with Gasteiger partial charge in [-0.05, 0) is 49.2 Å². The van der Waals surface area contributed by atoms with Crippen molar-refractivity contribution in [1.82, 2.24) is 4.98 Å². The predicted octanol–water partition coefficient (Wildman–Crippen LogP) is 5.48. The molecule has 0 saturated heterocycles. The molecule has 3 heteroatoms. The lowest BCUT2D eigenvalue weighted by atomic mass is 10.00. The van der Waals surface area contributed by atoms with Gasteiger partial charge in [0.1, 0.15) is 5.01 Å². The van der Waals surface area contributed by atoms with E-state index in [1.165, 1.54) is 5.56 Å². The van der Waals surface area contributed by atoms with Crippen LogP contribution in [-0.2, 0) is 0 Å². The molecule has 0 N–H and O–H groups in total. The summed E-state index contributed by atoms with van der Waals surface area (Å²) in [7, 11) is 0. The summed E-state index contributed by atoms with van der Waals surface area (Å²) in [5.74, 6) is 0. The fourth-order valence-electron chi connectivity index (χ4n) is 2.62. The second-order valence-electron chi connectivity index (χ2n) is 5.57. The van der Waals surface area contributed by atoms with Gasteiger partial charge in [-0.3, -0.25) is 0 Å². The average molecular weight is 304 g/mol. The largest absolute Gasteiger partial charge is 0.241 e. The average Bonchev–Trinajstić information content (AvgIpc) is 2.87. The normalized spacial score (nSPS) is 10.6. The van der Waals surface area contributed by atoms with E-state index in [1.54, 1.807) is 11.3 Å². The summed E-state index contributed by atoms with van der Waals surface area (Å²) >= 11 is 1.63. The predicted molar refractivity (Wildman–Crippen MR) is 94.0 cm³/mol. The molecule has 2 aromatic carbocycles. The summed E-state index contributed by atoms with van der Waals surface area (Å²) in [5, 5.41) is 12.5. The van der Waals surface area contributed by atoms with Crippen molar-refractivity contribution in [1.29, 1.82) is 5.26 Å². The summed E-state index contributed by atoms with van der Waals surface area (Å²) in [6.07, 6.45) is 0. The highest BCUT2D eigenvalue weighted by Gasteiger charge is 2.12. The maximum absolute atomic E-state index is 9.44. The maximum atomic E-state index is 9.44. The summed E-state index contributed by atoms with van der Waals surface area (Å²) in [4.78, 5) is 5.78. The van der Waals surface area contributed by atoms with E-state index < -0.39 is 0 Å². The van der Waals surface area contributed by atoms with Crippen LogP contribution in [0.1, 0.15) is 28.6 Å². The van der Waals surface area contributed by atoms with E-state index in [4.69, 9.17) is 0 Å². The molecular weight excluding hydrogens is 288 g/mol. The molecule has 0 radical (unpaired) electrons. The van der Waals surface area contributed by atoms with Crippen molar-refractivity contribution in [3.8, 4) is 16.6 Å². The molecule has 0 unspecified atom stereocenters. The van der Waals surface area contributed by atoms with Crippen LogP contribution in [0.15, 0.2) is 36.9 Å².